The monoisotopic (exact) mass is 386 g/mol. The number of aliphatic hydroxyl groups is 1. The first-order valence-corrected chi connectivity index (χ1v) is 9.68. The second kappa shape index (κ2) is 8.27. The second-order valence-corrected chi connectivity index (χ2v) is 7.90. The molecule has 3 rings (SSSR count). The number of hydrogen-bond donors (Lipinski definition) is 3. The molecule has 3 aromatic rings. The van der Waals surface area contributed by atoms with Gasteiger partial charge in [-0.05, 0) is 42.6 Å². The van der Waals surface area contributed by atoms with E-state index >= 15 is 0 Å². The summed E-state index contributed by atoms with van der Waals surface area (Å²) in [7, 11) is 0. The maximum absolute atomic E-state index is 11.9. The number of rotatable bonds is 5. The number of anilines is 1. The standard InChI is InChI=1S/C19H18N2O3S2/c1-12-4-6-13(7-5-12)21-19(24)18(23)20-11-14-8-9-16(26-14)17(22)15-3-2-10-25-15/h2-10,17,22H,11H2,1H3,(H,20,23)(H,21,24). The quantitative estimate of drug-likeness (QED) is 0.588. The Hall–Kier alpha value is -2.48. The van der Waals surface area contributed by atoms with Gasteiger partial charge in [0.15, 0.2) is 0 Å². The summed E-state index contributed by atoms with van der Waals surface area (Å²) in [5.74, 6) is -1.40. The van der Waals surface area contributed by atoms with Crippen molar-refractivity contribution in [2.75, 3.05) is 5.32 Å². The molecular formula is C19H18N2O3S2. The third-order valence-electron chi connectivity index (χ3n) is 3.70. The van der Waals surface area contributed by atoms with Gasteiger partial charge in [-0.1, -0.05) is 23.8 Å². The summed E-state index contributed by atoms with van der Waals surface area (Å²) in [6.07, 6.45) is -0.658. The van der Waals surface area contributed by atoms with Gasteiger partial charge in [-0.15, -0.1) is 22.7 Å². The highest BCUT2D eigenvalue weighted by Gasteiger charge is 2.16. The number of nitrogens with one attached hydrogen (secondary N) is 2. The summed E-state index contributed by atoms with van der Waals surface area (Å²) < 4.78 is 0. The third kappa shape index (κ3) is 4.57. The highest BCUT2D eigenvalue weighted by molar-refractivity contribution is 7.12. The van der Waals surface area contributed by atoms with E-state index in [0.29, 0.717) is 5.69 Å². The normalized spacial score (nSPS) is 11.8. The van der Waals surface area contributed by atoms with Gasteiger partial charge >= 0.3 is 11.8 Å². The highest BCUT2D eigenvalue weighted by Crippen LogP contribution is 2.30. The summed E-state index contributed by atoms with van der Waals surface area (Å²) in [6, 6.07) is 14.7. The van der Waals surface area contributed by atoms with Crippen molar-refractivity contribution in [3.8, 4) is 0 Å². The van der Waals surface area contributed by atoms with Crippen LogP contribution in [0.2, 0.25) is 0 Å². The molecule has 134 valence electrons. The lowest BCUT2D eigenvalue weighted by Gasteiger charge is -2.06. The largest absolute Gasteiger partial charge is 0.382 e. The fraction of sp³-hybridized carbons (Fsp3) is 0.158. The second-order valence-electron chi connectivity index (χ2n) is 5.72. The minimum Gasteiger partial charge on any atom is -0.382 e. The number of thiophene rings is 2. The van der Waals surface area contributed by atoms with Crippen LogP contribution in [0.5, 0.6) is 0 Å². The van der Waals surface area contributed by atoms with Crippen LogP contribution in [0.15, 0.2) is 53.9 Å². The van der Waals surface area contributed by atoms with E-state index in [-0.39, 0.29) is 6.54 Å². The zero-order valence-electron chi connectivity index (χ0n) is 14.1. The average molecular weight is 386 g/mol. The van der Waals surface area contributed by atoms with Gasteiger partial charge in [0.25, 0.3) is 0 Å². The van der Waals surface area contributed by atoms with Gasteiger partial charge in [-0.3, -0.25) is 9.59 Å². The number of carbonyl (C=O) groups is 2. The first-order valence-electron chi connectivity index (χ1n) is 7.99. The zero-order valence-corrected chi connectivity index (χ0v) is 15.7. The number of aryl methyl sites for hydroxylation is 1. The molecular weight excluding hydrogens is 368 g/mol. The molecule has 26 heavy (non-hydrogen) atoms. The van der Waals surface area contributed by atoms with Crippen molar-refractivity contribution in [3.63, 3.8) is 0 Å². The molecule has 3 N–H and O–H groups in total. The highest BCUT2D eigenvalue weighted by atomic mass is 32.1. The summed E-state index contributed by atoms with van der Waals surface area (Å²) in [4.78, 5) is 26.4. The minimum atomic E-state index is -0.704. The van der Waals surface area contributed by atoms with Gasteiger partial charge in [-0.2, -0.15) is 0 Å². The summed E-state index contributed by atoms with van der Waals surface area (Å²) in [5.41, 5.74) is 1.65. The Morgan fingerprint density at radius 1 is 1.04 bits per heavy atom. The molecule has 1 unspecified atom stereocenters. The predicted molar refractivity (Wildman–Crippen MR) is 104 cm³/mol. The fourth-order valence-corrected chi connectivity index (χ4v) is 4.06. The molecule has 0 fully saturated rings. The molecule has 0 saturated heterocycles. The van der Waals surface area contributed by atoms with Crippen LogP contribution in [0.3, 0.4) is 0 Å². The molecule has 0 saturated carbocycles. The van der Waals surface area contributed by atoms with Crippen molar-refractivity contribution < 1.29 is 14.7 Å². The van der Waals surface area contributed by atoms with Gasteiger partial charge in [-0.25, -0.2) is 0 Å². The first kappa shape index (κ1) is 18.3. The molecule has 0 aliphatic rings. The third-order valence-corrected chi connectivity index (χ3v) is 5.77. The Kier molecular flexibility index (Phi) is 5.82. The lowest BCUT2D eigenvalue weighted by atomic mass is 10.2. The lowest BCUT2D eigenvalue weighted by molar-refractivity contribution is -0.136. The SMILES string of the molecule is Cc1ccc(NC(=O)C(=O)NCc2ccc(C(O)c3cccs3)s2)cc1. The fourth-order valence-electron chi connectivity index (χ4n) is 2.30. The van der Waals surface area contributed by atoms with E-state index in [1.165, 1.54) is 22.7 Å². The average Bonchev–Trinajstić information content (AvgIpc) is 3.33. The lowest BCUT2D eigenvalue weighted by Crippen LogP contribution is -2.34. The van der Waals surface area contributed by atoms with Crippen molar-refractivity contribution in [1.29, 1.82) is 0 Å². The van der Waals surface area contributed by atoms with Crippen molar-refractivity contribution in [1.82, 2.24) is 5.32 Å². The van der Waals surface area contributed by atoms with Crippen LogP contribution in [0.1, 0.15) is 26.3 Å². The van der Waals surface area contributed by atoms with Crippen molar-refractivity contribution in [2.45, 2.75) is 19.6 Å². The molecule has 0 spiro atoms. The first-order chi connectivity index (χ1) is 12.5. The zero-order chi connectivity index (χ0) is 18.5. The Balaban J connectivity index is 1.53. The molecule has 0 aliphatic heterocycles. The van der Waals surface area contributed by atoms with Gasteiger partial charge in [0.05, 0.1) is 6.54 Å². The van der Waals surface area contributed by atoms with Crippen molar-refractivity contribution in [3.05, 3.63) is 74.1 Å². The molecule has 5 nitrogen and oxygen atoms in total. The van der Waals surface area contributed by atoms with E-state index in [4.69, 9.17) is 0 Å². The van der Waals surface area contributed by atoms with Crippen LogP contribution >= 0.6 is 22.7 Å². The van der Waals surface area contributed by atoms with E-state index in [0.717, 1.165) is 20.2 Å². The number of benzene rings is 1. The van der Waals surface area contributed by atoms with Crippen LogP contribution in [-0.2, 0) is 16.1 Å². The smallest absolute Gasteiger partial charge is 0.313 e. The topological polar surface area (TPSA) is 78.4 Å². The van der Waals surface area contributed by atoms with E-state index in [2.05, 4.69) is 10.6 Å². The van der Waals surface area contributed by atoms with Crippen molar-refractivity contribution >= 4 is 40.2 Å². The minimum absolute atomic E-state index is 0.238. The molecule has 1 aromatic carbocycles. The molecule has 0 bridgehead atoms. The Morgan fingerprint density at radius 3 is 2.50 bits per heavy atom. The Bertz CT molecular complexity index is 886. The number of carbonyl (C=O) groups excluding carboxylic acids is 2. The van der Waals surface area contributed by atoms with Crippen LogP contribution in [0, 0.1) is 6.92 Å². The maximum atomic E-state index is 11.9. The molecule has 2 heterocycles. The Morgan fingerprint density at radius 2 is 1.81 bits per heavy atom. The number of amides is 2. The van der Waals surface area contributed by atoms with Gasteiger partial charge < -0.3 is 15.7 Å². The van der Waals surface area contributed by atoms with Crippen LogP contribution in [-0.4, -0.2) is 16.9 Å². The van der Waals surface area contributed by atoms with Crippen LogP contribution in [0.4, 0.5) is 5.69 Å². The number of hydrogen-bond acceptors (Lipinski definition) is 5. The van der Waals surface area contributed by atoms with Crippen LogP contribution < -0.4 is 10.6 Å². The summed E-state index contributed by atoms with van der Waals surface area (Å²) >= 11 is 2.90. The van der Waals surface area contributed by atoms with E-state index in [9.17, 15) is 14.7 Å². The van der Waals surface area contributed by atoms with Crippen molar-refractivity contribution in [2.24, 2.45) is 0 Å². The predicted octanol–water partition coefficient (Wildman–Crippen LogP) is 3.45. The molecule has 1 atom stereocenters. The molecule has 2 amide bonds. The number of aliphatic hydroxyl groups excluding tert-OH is 1. The molecule has 7 heteroatoms. The maximum Gasteiger partial charge on any atom is 0.313 e. The van der Waals surface area contributed by atoms with E-state index in [1.807, 2.05) is 48.7 Å². The van der Waals surface area contributed by atoms with Gasteiger partial charge in [0.2, 0.25) is 0 Å². The van der Waals surface area contributed by atoms with E-state index < -0.39 is 17.9 Å². The molecule has 2 aromatic heterocycles. The van der Waals surface area contributed by atoms with Gasteiger partial charge in [0.1, 0.15) is 6.10 Å². The van der Waals surface area contributed by atoms with E-state index in [1.54, 1.807) is 12.1 Å². The summed E-state index contributed by atoms with van der Waals surface area (Å²) in [6.45, 7) is 2.19. The summed E-state index contributed by atoms with van der Waals surface area (Å²) in [5, 5.41) is 17.4. The molecule has 0 radical (unpaired) electrons. The Labute approximate surface area is 159 Å². The van der Waals surface area contributed by atoms with Crippen LogP contribution in [0.25, 0.3) is 0 Å². The van der Waals surface area contributed by atoms with Gasteiger partial charge in [0, 0.05) is 20.3 Å². The molecule has 0 aliphatic carbocycles.